The number of aliphatic hydroxyl groups is 1. The highest BCUT2D eigenvalue weighted by molar-refractivity contribution is 5.93. The van der Waals surface area contributed by atoms with Crippen LogP contribution in [0.2, 0.25) is 0 Å². The summed E-state index contributed by atoms with van der Waals surface area (Å²) in [6.45, 7) is 0.704. The molecule has 2 N–H and O–H groups in total. The van der Waals surface area contributed by atoms with Gasteiger partial charge in [0.2, 0.25) is 5.91 Å². The van der Waals surface area contributed by atoms with Crippen molar-refractivity contribution in [2.24, 2.45) is 0 Å². The Hall–Kier alpha value is -2.15. The van der Waals surface area contributed by atoms with Gasteiger partial charge < -0.3 is 20.2 Å². The number of hydrogen-bond donors (Lipinski definition) is 2. The summed E-state index contributed by atoms with van der Waals surface area (Å²) in [6, 6.07) is 3.56. The Morgan fingerprint density at radius 2 is 2.22 bits per heavy atom. The van der Waals surface area contributed by atoms with Gasteiger partial charge in [0.1, 0.15) is 5.69 Å². The molecule has 126 valence electrons. The maximum absolute atomic E-state index is 12.7. The molecule has 1 aromatic heterocycles. The molecule has 7 nitrogen and oxygen atoms in total. The van der Waals surface area contributed by atoms with Crippen LogP contribution < -0.4 is 10.2 Å². The summed E-state index contributed by atoms with van der Waals surface area (Å²) in [5, 5.41) is 13.1. The van der Waals surface area contributed by atoms with Crippen LogP contribution in [-0.2, 0) is 4.79 Å². The normalized spacial score (nSPS) is 21.0. The summed E-state index contributed by atoms with van der Waals surface area (Å²) in [6.07, 6.45) is 2.77. The molecule has 1 atom stereocenters. The molecule has 1 aliphatic heterocycles. The molecular formula is C16H24N4O3. The van der Waals surface area contributed by atoms with E-state index in [9.17, 15) is 14.7 Å². The van der Waals surface area contributed by atoms with E-state index in [0.717, 1.165) is 5.69 Å². The van der Waals surface area contributed by atoms with Gasteiger partial charge in [0.25, 0.3) is 5.91 Å². The van der Waals surface area contributed by atoms with E-state index >= 15 is 0 Å². The zero-order valence-corrected chi connectivity index (χ0v) is 13.9. The van der Waals surface area contributed by atoms with Crippen LogP contribution in [0.3, 0.4) is 0 Å². The molecule has 1 aliphatic rings. The van der Waals surface area contributed by atoms with Crippen molar-refractivity contribution in [3.63, 3.8) is 0 Å². The van der Waals surface area contributed by atoms with Crippen molar-refractivity contribution < 1.29 is 14.7 Å². The van der Waals surface area contributed by atoms with Gasteiger partial charge >= 0.3 is 0 Å². The van der Waals surface area contributed by atoms with Gasteiger partial charge in [0.05, 0.1) is 18.6 Å². The molecule has 0 radical (unpaired) electrons. The second-order valence-corrected chi connectivity index (χ2v) is 6.20. The standard InChI is InChI=1S/C16H24N4O3/c1-17-14(21)10-16(23)6-4-8-20(11-16)15(22)13-9-12(19(2)3)5-7-18-13/h5,7,9,23H,4,6,8,10-11H2,1-3H3,(H,17,21). The van der Waals surface area contributed by atoms with Gasteiger partial charge in [-0.25, -0.2) is 0 Å². The Bertz CT molecular complexity index is 590. The zero-order chi connectivity index (χ0) is 17.0. The SMILES string of the molecule is CNC(=O)CC1(O)CCCN(C(=O)c2cc(N(C)C)ccn2)C1. The number of β-amino-alcohol motifs (C(OH)–C–C–N with tert-alkyl or cyclic N) is 1. The van der Waals surface area contributed by atoms with Gasteiger partial charge in [-0.1, -0.05) is 0 Å². The van der Waals surface area contributed by atoms with Gasteiger partial charge in [-0.3, -0.25) is 14.6 Å². The monoisotopic (exact) mass is 320 g/mol. The number of likely N-dealkylation sites (tertiary alicyclic amines) is 1. The second-order valence-electron chi connectivity index (χ2n) is 6.20. The third kappa shape index (κ3) is 4.19. The second kappa shape index (κ2) is 6.95. The van der Waals surface area contributed by atoms with E-state index in [-0.39, 0.29) is 24.8 Å². The summed E-state index contributed by atoms with van der Waals surface area (Å²) >= 11 is 0. The molecule has 1 aromatic rings. The highest BCUT2D eigenvalue weighted by Crippen LogP contribution is 2.26. The summed E-state index contributed by atoms with van der Waals surface area (Å²) < 4.78 is 0. The molecule has 0 aromatic carbocycles. The molecule has 1 saturated heterocycles. The van der Waals surface area contributed by atoms with E-state index in [0.29, 0.717) is 25.1 Å². The fourth-order valence-electron chi connectivity index (χ4n) is 2.79. The molecule has 0 aliphatic carbocycles. The van der Waals surface area contributed by atoms with E-state index in [1.807, 2.05) is 25.1 Å². The minimum absolute atomic E-state index is 0.00154. The molecule has 23 heavy (non-hydrogen) atoms. The van der Waals surface area contributed by atoms with E-state index in [1.165, 1.54) is 7.05 Å². The fraction of sp³-hybridized carbons (Fsp3) is 0.562. The number of hydrogen-bond acceptors (Lipinski definition) is 5. The van der Waals surface area contributed by atoms with Crippen molar-refractivity contribution in [1.29, 1.82) is 0 Å². The van der Waals surface area contributed by atoms with Crippen molar-refractivity contribution in [3.05, 3.63) is 24.0 Å². The topological polar surface area (TPSA) is 85.8 Å². The predicted molar refractivity (Wildman–Crippen MR) is 87.3 cm³/mol. The van der Waals surface area contributed by atoms with Crippen molar-refractivity contribution in [2.45, 2.75) is 24.9 Å². The quantitative estimate of drug-likeness (QED) is 0.831. The number of pyridine rings is 1. The Morgan fingerprint density at radius 1 is 1.48 bits per heavy atom. The number of carbonyl (C=O) groups excluding carboxylic acids is 2. The molecular weight excluding hydrogens is 296 g/mol. The molecule has 7 heteroatoms. The highest BCUT2D eigenvalue weighted by atomic mass is 16.3. The van der Waals surface area contributed by atoms with Crippen LogP contribution in [0.25, 0.3) is 0 Å². The van der Waals surface area contributed by atoms with Crippen LogP contribution in [0, 0.1) is 0 Å². The molecule has 0 bridgehead atoms. The van der Waals surface area contributed by atoms with Crippen LogP contribution in [0.1, 0.15) is 29.8 Å². The molecule has 2 rings (SSSR count). The van der Waals surface area contributed by atoms with Crippen molar-refractivity contribution in [2.75, 3.05) is 39.1 Å². The lowest BCUT2D eigenvalue weighted by atomic mass is 9.89. The largest absolute Gasteiger partial charge is 0.388 e. The molecule has 1 unspecified atom stereocenters. The Morgan fingerprint density at radius 3 is 2.87 bits per heavy atom. The average molecular weight is 320 g/mol. The summed E-state index contributed by atoms with van der Waals surface area (Å²) in [7, 11) is 5.33. The lowest BCUT2D eigenvalue weighted by molar-refractivity contribution is -0.127. The van der Waals surface area contributed by atoms with Gasteiger partial charge in [-0.05, 0) is 25.0 Å². The van der Waals surface area contributed by atoms with E-state index in [4.69, 9.17) is 0 Å². The van der Waals surface area contributed by atoms with Crippen LogP contribution in [-0.4, -0.2) is 66.6 Å². The average Bonchev–Trinajstić information content (AvgIpc) is 2.53. The third-order valence-corrected chi connectivity index (χ3v) is 4.09. The molecule has 1 fully saturated rings. The first-order valence-electron chi connectivity index (χ1n) is 7.70. The Labute approximate surface area is 136 Å². The number of carbonyl (C=O) groups is 2. The van der Waals surface area contributed by atoms with Crippen molar-refractivity contribution in [1.82, 2.24) is 15.2 Å². The maximum Gasteiger partial charge on any atom is 0.272 e. The van der Waals surface area contributed by atoms with Crippen LogP contribution in [0.15, 0.2) is 18.3 Å². The predicted octanol–water partition coefficient (Wildman–Crippen LogP) is 0.251. The lowest BCUT2D eigenvalue weighted by Crippen LogP contribution is -2.52. The number of amides is 2. The summed E-state index contributed by atoms with van der Waals surface area (Å²) in [4.78, 5) is 31.8. The fourth-order valence-corrected chi connectivity index (χ4v) is 2.79. The number of nitrogens with zero attached hydrogens (tertiary/aromatic N) is 3. The van der Waals surface area contributed by atoms with Gasteiger partial charge in [0.15, 0.2) is 0 Å². The Kier molecular flexibility index (Phi) is 5.20. The van der Waals surface area contributed by atoms with Gasteiger partial charge in [-0.2, -0.15) is 0 Å². The summed E-state index contributed by atoms with van der Waals surface area (Å²) in [5.74, 6) is -0.446. The maximum atomic E-state index is 12.7. The van der Waals surface area contributed by atoms with Gasteiger partial charge in [-0.15, -0.1) is 0 Å². The van der Waals surface area contributed by atoms with Crippen molar-refractivity contribution in [3.8, 4) is 0 Å². The molecule has 0 saturated carbocycles. The van der Waals surface area contributed by atoms with Crippen LogP contribution in [0.4, 0.5) is 5.69 Å². The van der Waals surface area contributed by atoms with E-state index in [2.05, 4.69) is 10.3 Å². The highest BCUT2D eigenvalue weighted by Gasteiger charge is 2.37. The number of anilines is 1. The minimum atomic E-state index is -1.17. The van der Waals surface area contributed by atoms with Gasteiger partial charge in [0, 0.05) is 39.6 Å². The van der Waals surface area contributed by atoms with Crippen LogP contribution in [0.5, 0.6) is 0 Å². The number of piperidine rings is 1. The zero-order valence-electron chi connectivity index (χ0n) is 13.9. The minimum Gasteiger partial charge on any atom is -0.388 e. The third-order valence-electron chi connectivity index (χ3n) is 4.09. The number of aromatic nitrogens is 1. The summed E-state index contributed by atoms with van der Waals surface area (Å²) in [5.41, 5.74) is 0.0639. The lowest BCUT2D eigenvalue weighted by Gasteiger charge is -2.38. The smallest absolute Gasteiger partial charge is 0.272 e. The number of rotatable bonds is 4. The first kappa shape index (κ1) is 17.2. The Balaban J connectivity index is 2.13. The first-order chi connectivity index (χ1) is 10.8. The first-order valence-corrected chi connectivity index (χ1v) is 7.70. The number of nitrogens with one attached hydrogen (secondary N) is 1. The van der Waals surface area contributed by atoms with Crippen LogP contribution >= 0.6 is 0 Å². The van der Waals surface area contributed by atoms with Crippen molar-refractivity contribution >= 4 is 17.5 Å². The molecule has 2 heterocycles. The van der Waals surface area contributed by atoms with E-state index < -0.39 is 5.60 Å². The molecule has 0 spiro atoms. The van der Waals surface area contributed by atoms with E-state index in [1.54, 1.807) is 17.2 Å². The molecule has 2 amide bonds.